The van der Waals surface area contributed by atoms with Gasteiger partial charge in [0.05, 0.1) is 0 Å². The summed E-state index contributed by atoms with van der Waals surface area (Å²) in [6.45, 7) is 21.4. The first kappa shape index (κ1) is 28.9. The van der Waals surface area contributed by atoms with Gasteiger partial charge in [-0.25, -0.2) is 0 Å². The predicted molar refractivity (Wildman–Crippen MR) is 145 cm³/mol. The van der Waals surface area contributed by atoms with Gasteiger partial charge in [-0.3, -0.25) is 0 Å². The molecule has 1 aliphatic rings. The summed E-state index contributed by atoms with van der Waals surface area (Å²) in [4.78, 5) is 0. The Morgan fingerprint density at radius 2 is 1.03 bits per heavy atom. The molecule has 0 nitrogen and oxygen atoms in total. The molecular formula is C31H48. The van der Waals surface area contributed by atoms with Gasteiger partial charge in [-0.05, 0) is 33.0 Å². The van der Waals surface area contributed by atoms with E-state index in [4.69, 9.17) is 0 Å². The van der Waals surface area contributed by atoms with E-state index >= 15 is 0 Å². The molecule has 0 amide bonds. The molecule has 0 aliphatic heterocycles. The van der Waals surface area contributed by atoms with Gasteiger partial charge in [0.2, 0.25) is 0 Å². The molecule has 0 N–H and O–H groups in total. The second kappa shape index (κ2) is 15.7. The van der Waals surface area contributed by atoms with Crippen molar-refractivity contribution in [3.8, 4) is 11.1 Å². The maximum atomic E-state index is 2.34. The summed E-state index contributed by atoms with van der Waals surface area (Å²) < 4.78 is 0. The van der Waals surface area contributed by atoms with Gasteiger partial charge in [0.25, 0.3) is 0 Å². The van der Waals surface area contributed by atoms with Crippen LogP contribution < -0.4 is 0 Å². The smallest absolute Gasteiger partial charge is 0.0165 e. The highest BCUT2D eigenvalue weighted by molar-refractivity contribution is 5.97. The Bertz CT molecular complexity index is 847. The van der Waals surface area contributed by atoms with E-state index in [0.29, 0.717) is 0 Å². The molecule has 3 aromatic rings. The lowest BCUT2D eigenvalue weighted by atomic mass is 9.80. The van der Waals surface area contributed by atoms with E-state index in [2.05, 4.69) is 102 Å². The van der Waals surface area contributed by atoms with Crippen LogP contribution in [0.4, 0.5) is 0 Å². The fraction of sp³-hybridized carbons (Fsp3) is 0.484. The average molecular weight is 421 g/mol. The summed E-state index contributed by atoms with van der Waals surface area (Å²) in [5.41, 5.74) is 5.81. The molecule has 0 heteroatoms. The van der Waals surface area contributed by atoms with Crippen LogP contribution in [0.2, 0.25) is 0 Å². The Hall–Kier alpha value is -2.08. The highest BCUT2D eigenvalue weighted by Crippen LogP contribution is 2.50. The molecule has 1 aliphatic carbocycles. The van der Waals surface area contributed by atoms with E-state index in [-0.39, 0.29) is 5.41 Å². The normalized spacial score (nSPS) is 11.7. The third-order valence-corrected chi connectivity index (χ3v) is 5.44. The van der Waals surface area contributed by atoms with Crippen LogP contribution in [-0.4, -0.2) is 0 Å². The van der Waals surface area contributed by atoms with Crippen LogP contribution in [-0.2, 0) is 5.41 Å². The first-order valence-corrected chi connectivity index (χ1v) is 12.6. The Labute approximate surface area is 194 Å². The van der Waals surface area contributed by atoms with Gasteiger partial charge in [-0.15, -0.1) is 0 Å². The third kappa shape index (κ3) is 7.23. The van der Waals surface area contributed by atoms with Gasteiger partial charge in [0, 0.05) is 5.41 Å². The van der Waals surface area contributed by atoms with Crippen LogP contribution in [0.15, 0.2) is 60.7 Å². The Balaban J connectivity index is 0.000000637. The zero-order valence-electron chi connectivity index (χ0n) is 22.1. The van der Waals surface area contributed by atoms with E-state index in [9.17, 15) is 0 Å². The lowest BCUT2D eigenvalue weighted by Crippen LogP contribution is -2.15. The molecule has 0 heterocycles. The summed E-state index contributed by atoms with van der Waals surface area (Å²) in [7, 11) is 0. The molecule has 0 saturated carbocycles. The van der Waals surface area contributed by atoms with Gasteiger partial charge in [-0.2, -0.15) is 0 Å². The standard InChI is InChI=1S/C19H16.2C4H10.2C2H6/c1-19(2)17-10-6-5-9-15(17)16-12-11-13-7-3-4-8-14(13)18(16)19;2*1-3-4-2;2*1-2/h3-12H,1-2H3;2*3-4H2,1-2H3;2*1-2H3. The highest BCUT2D eigenvalue weighted by atomic mass is 14.4. The number of unbranched alkanes of at least 4 members (excludes halogenated alkanes) is 2. The van der Waals surface area contributed by atoms with Crippen LogP contribution >= 0.6 is 0 Å². The summed E-state index contributed by atoms with van der Waals surface area (Å²) in [5.74, 6) is 0. The Morgan fingerprint density at radius 3 is 1.58 bits per heavy atom. The predicted octanol–water partition coefficient (Wildman–Crippen LogP) is 10.8. The molecule has 0 atom stereocenters. The molecular weight excluding hydrogens is 372 g/mol. The van der Waals surface area contributed by atoms with Gasteiger partial charge >= 0.3 is 0 Å². The molecule has 0 radical (unpaired) electrons. The van der Waals surface area contributed by atoms with Crippen LogP contribution in [0.25, 0.3) is 21.9 Å². The van der Waals surface area contributed by atoms with Gasteiger partial charge in [0.15, 0.2) is 0 Å². The molecule has 172 valence electrons. The van der Waals surface area contributed by atoms with E-state index in [1.807, 2.05) is 27.7 Å². The fourth-order valence-corrected chi connectivity index (χ4v) is 3.57. The topological polar surface area (TPSA) is 0 Å². The quantitative estimate of drug-likeness (QED) is 0.386. The summed E-state index contributed by atoms with van der Waals surface area (Å²) in [6, 6.07) is 22.0. The van der Waals surface area contributed by atoms with Crippen molar-refractivity contribution < 1.29 is 0 Å². The molecule has 0 aromatic heterocycles. The van der Waals surface area contributed by atoms with Crippen molar-refractivity contribution in [3.05, 3.63) is 71.8 Å². The average Bonchev–Trinajstić information content (AvgIpc) is 3.09. The molecule has 4 rings (SSSR count). The van der Waals surface area contributed by atoms with Crippen LogP contribution in [0, 0.1) is 0 Å². The van der Waals surface area contributed by atoms with Crippen molar-refractivity contribution in [2.45, 2.75) is 100 Å². The van der Waals surface area contributed by atoms with Crippen molar-refractivity contribution >= 4 is 10.8 Å². The van der Waals surface area contributed by atoms with Gasteiger partial charge in [0.1, 0.15) is 0 Å². The van der Waals surface area contributed by atoms with Crippen LogP contribution in [0.5, 0.6) is 0 Å². The third-order valence-electron chi connectivity index (χ3n) is 5.44. The van der Waals surface area contributed by atoms with Crippen molar-refractivity contribution in [3.63, 3.8) is 0 Å². The lowest BCUT2D eigenvalue weighted by Gasteiger charge is -2.23. The maximum Gasteiger partial charge on any atom is 0.0165 e. The van der Waals surface area contributed by atoms with Gasteiger partial charge < -0.3 is 0 Å². The van der Waals surface area contributed by atoms with Crippen molar-refractivity contribution in [2.75, 3.05) is 0 Å². The molecule has 0 saturated heterocycles. The molecule has 0 bridgehead atoms. The number of rotatable bonds is 2. The molecule has 3 aromatic carbocycles. The second-order valence-corrected chi connectivity index (χ2v) is 7.88. The lowest BCUT2D eigenvalue weighted by molar-refractivity contribution is 0.666. The van der Waals surface area contributed by atoms with E-state index in [0.717, 1.165) is 0 Å². The minimum absolute atomic E-state index is 0.0901. The van der Waals surface area contributed by atoms with E-state index < -0.39 is 0 Å². The zero-order valence-corrected chi connectivity index (χ0v) is 22.1. The van der Waals surface area contributed by atoms with E-state index in [1.54, 1.807) is 0 Å². The highest BCUT2D eigenvalue weighted by Gasteiger charge is 2.36. The first-order chi connectivity index (χ1) is 15.0. The monoisotopic (exact) mass is 420 g/mol. The second-order valence-electron chi connectivity index (χ2n) is 7.88. The fourth-order valence-electron chi connectivity index (χ4n) is 3.57. The van der Waals surface area contributed by atoms with Crippen molar-refractivity contribution in [1.82, 2.24) is 0 Å². The zero-order chi connectivity index (χ0) is 23.9. The van der Waals surface area contributed by atoms with Crippen LogP contribution in [0.1, 0.15) is 106 Å². The molecule has 0 fully saturated rings. The summed E-state index contributed by atoms with van der Waals surface area (Å²) in [6.07, 6.45) is 5.28. The Morgan fingerprint density at radius 1 is 0.548 bits per heavy atom. The SMILES string of the molecule is CC.CC.CC1(C)c2ccccc2-c2ccc3ccccc3c21.CCCC.CCCC. The van der Waals surface area contributed by atoms with Crippen LogP contribution in [0.3, 0.4) is 0 Å². The van der Waals surface area contributed by atoms with E-state index in [1.165, 1.54) is 58.7 Å². The molecule has 0 spiro atoms. The minimum Gasteiger partial charge on any atom is -0.0683 e. The number of fused-ring (bicyclic) bond motifs is 5. The van der Waals surface area contributed by atoms with Crippen molar-refractivity contribution in [1.29, 1.82) is 0 Å². The number of hydrogen-bond donors (Lipinski definition) is 0. The first-order valence-electron chi connectivity index (χ1n) is 12.6. The molecule has 0 unspecified atom stereocenters. The minimum atomic E-state index is 0.0901. The van der Waals surface area contributed by atoms with Gasteiger partial charge in [-0.1, -0.05) is 156 Å². The number of hydrogen-bond acceptors (Lipinski definition) is 0. The summed E-state index contributed by atoms with van der Waals surface area (Å²) in [5, 5.41) is 2.73. The van der Waals surface area contributed by atoms with Crippen molar-refractivity contribution in [2.24, 2.45) is 0 Å². The number of benzene rings is 3. The maximum absolute atomic E-state index is 2.34. The Kier molecular flexibility index (Phi) is 14.6. The summed E-state index contributed by atoms with van der Waals surface area (Å²) >= 11 is 0. The largest absolute Gasteiger partial charge is 0.0683 e. The molecule has 31 heavy (non-hydrogen) atoms.